The van der Waals surface area contributed by atoms with E-state index in [9.17, 15) is 4.79 Å². The molecular weight excluding hydrogens is 383 g/mol. The van der Waals surface area contributed by atoms with Gasteiger partial charge in [0.05, 0.1) is 0 Å². The summed E-state index contributed by atoms with van der Waals surface area (Å²) in [6.07, 6.45) is 0.936. The molecule has 1 fully saturated rings. The molecule has 0 radical (unpaired) electrons. The fraction of sp³-hybridized carbons (Fsp3) is 0.286. The van der Waals surface area contributed by atoms with Crippen LogP contribution in [0.2, 0.25) is 10.0 Å². The smallest absolute Gasteiger partial charge is 0.289 e. The number of fused-ring (bicyclic) bond motifs is 1. The van der Waals surface area contributed by atoms with E-state index in [-0.39, 0.29) is 5.91 Å². The van der Waals surface area contributed by atoms with Crippen LogP contribution >= 0.6 is 23.2 Å². The van der Waals surface area contributed by atoms with E-state index >= 15 is 0 Å². The number of carbonyl (C=O) groups excluding carboxylic acids is 1. The molecule has 1 aromatic heterocycles. The molecule has 2 aromatic carbocycles. The van der Waals surface area contributed by atoms with Crippen LogP contribution in [0.3, 0.4) is 0 Å². The van der Waals surface area contributed by atoms with Crippen LogP contribution in [0.25, 0.3) is 11.0 Å². The summed E-state index contributed by atoms with van der Waals surface area (Å²) in [6, 6.07) is 15.1. The highest BCUT2D eigenvalue weighted by Gasteiger charge is 2.23. The number of hydrogen-bond donors (Lipinski definition) is 0. The van der Waals surface area contributed by atoms with Crippen LogP contribution in [0.4, 0.5) is 0 Å². The summed E-state index contributed by atoms with van der Waals surface area (Å²) in [5.41, 5.74) is 1.91. The van der Waals surface area contributed by atoms with Gasteiger partial charge in [-0.15, -0.1) is 0 Å². The van der Waals surface area contributed by atoms with Crippen molar-refractivity contribution in [2.45, 2.75) is 13.0 Å². The van der Waals surface area contributed by atoms with E-state index in [1.54, 1.807) is 18.2 Å². The molecule has 0 saturated carbocycles. The minimum Gasteiger partial charge on any atom is -0.451 e. The van der Waals surface area contributed by atoms with Gasteiger partial charge in [0.15, 0.2) is 5.76 Å². The number of amides is 1. The van der Waals surface area contributed by atoms with Gasteiger partial charge in [0, 0.05) is 48.2 Å². The van der Waals surface area contributed by atoms with Gasteiger partial charge < -0.3 is 9.32 Å². The minimum atomic E-state index is -0.0596. The second-order valence-corrected chi connectivity index (χ2v) is 7.71. The Balaban J connectivity index is 1.42. The molecule has 3 aromatic rings. The molecule has 4 nitrogen and oxygen atoms in total. The summed E-state index contributed by atoms with van der Waals surface area (Å²) < 4.78 is 5.74. The summed E-state index contributed by atoms with van der Waals surface area (Å²) in [7, 11) is 0. The highest BCUT2D eigenvalue weighted by molar-refractivity contribution is 6.31. The summed E-state index contributed by atoms with van der Waals surface area (Å²) in [6.45, 7) is 4.07. The largest absolute Gasteiger partial charge is 0.451 e. The maximum absolute atomic E-state index is 12.9. The fourth-order valence-electron chi connectivity index (χ4n) is 3.46. The van der Waals surface area contributed by atoms with Gasteiger partial charge in [-0.05, 0) is 48.4 Å². The van der Waals surface area contributed by atoms with Gasteiger partial charge in [-0.3, -0.25) is 9.69 Å². The summed E-state index contributed by atoms with van der Waals surface area (Å²) in [5, 5.41) is 2.23. The van der Waals surface area contributed by atoms with Crippen LogP contribution in [0, 0.1) is 0 Å². The molecule has 2 heterocycles. The molecule has 6 heteroatoms. The van der Waals surface area contributed by atoms with Gasteiger partial charge >= 0.3 is 0 Å². The molecule has 1 amide bonds. The zero-order valence-corrected chi connectivity index (χ0v) is 16.3. The second kappa shape index (κ2) is 7.93. The zero-order chi connectivity index (χ0) is 18.8. The Bertz CT molecular complexity index is 952. The number of hydrogen-bond acceptors (Lipinski definition) is 3. The number of carbonyl (C=O) groups is 1. The molecule has 4 rings (SSSR count). The molecule has 27 heavy (non-hydrogen) atoms. The standard InChI is InChI=1S/C21H20Cl2N2O2/c22-17-4-2-15(3-5-17)14-24-8-1-9-25(11-10-24)21(26)20-13-16-12-18(23)6-7-19(16)27-20/h2-7,12-13H,1,8-11,14H2. The minimum absolute atomic E-state index is 0.0596. The number of nitrogens with zero attached hydrogens (tertiary/aromatic N) is 2. The number of halogens is 2. The summed E-state index contributed by atoms with van der Waals surface area (Å²) >= 11 is 12.0. The van der Waals surface area contributed by atoms with Crippen LogP contribution in [0.15, 0.2) is 52.9 Å². The predicted molar refractivity (Wildman–Crippen MR) is 108 cm³/mol. The molecule has 0 N–H and O–H groups in total. The summed E-state index contributed by atoms with van der Waals surface area (Å²) in [5.74, 6) is 0.314. The van der Waals surface area contributed by atoms with Crippen molar-refractivity contribution in [1.82, 2.24) is 9.80 Å². The molecule has 0 bridgehead atoms. The fourth-order valence-corrected chi connectivity index (χ4v) is 3.76. The van der Waals surface area contributed by atoms with Gasteiger partial charge in [0.25, 0.3) is 5.91 Å². The Morgan fingerprint density at radius 3 is 2.52 bits per heavy atom. The van der Waals surface area contributed by atoms with E-state index in [0.29, 0.717) is 22.9 Å². The molecule has 1 aliphatic heterocycles. The number of benzene rings is 2. The zero-order valence-electron chi connectivity index (χ0n) is 14.8. The lowest BCUT2D eigenvalue weighted by Gasteiger charge is -2.21. The van der Waals surface area contributed by atoms with E-state index < -0.39 is 0 Å². The molecule has 1 aliphatic rings. The highest BCUT2D eigenvalue weighted by atomic mass is 35.5. The topological polar surface area (TPSA) is 36.7 Å². The molecular formula is C21H20Cl2N2O2. The van der Waals surface area contributed by atoms with Gasteiger partial charge in [-0.2, -0.15) is 0 Å². The van der Waals surface area contributed by atoms with Crippen molar-refractivity contribution < 1.29 is 9.21 Å². The van der Waals surface area contributed by atoms with Crippen molar-refractivity contribution >= 4 is 40.1 Å². The Morgan fingerprint density at radius 2 is 1.70 bits per heavy atom. The van der Waals surface area contributed by atoms with E-state index in [4.69, 9.17) is 27.6 Å². The van der Waals surface area contributed by atoms with Crippen LogP contribution in [0.1, 0.15) is 22.5 Å². The second-order valence-electron chi connectivity index (χ2n) is 6.84. The monoisotopic (exact) mass is 402 g/mol. The van der Waals surface area contributed by atoms with Crippen molar-refractivity contribution in [3.05, 3.63) is 69.9 Å². The van der Waals surface area contributed by atoms with Crippen molar-refractivity contribution in [3.8, 4) is 0 Å². The van der Waals surface area contributed by atoms with E-state index in [1.807, 2.05) is 23.1 Å². The van der Waals surface area contributed by atoms with Crippen molar-refractivity contribution in [2.24, 2.45) is 0 Å². The Morgan fingerprint density at radius 1 is 0.926 bits per heavy atom. The van der Waals surface area contributed by atoms with Crippen LogP contribution < -0.4 is 0 Å². The maximum Gasteiger partial charge on any atom is 0.289 e. The predicted octanol–water partition coefficient (Wildman–Crippen LogP) is 5.09. The molecule has 0 aliphatic carbocycles. The maximum atomic E-state index is 12.9. The number of rotatable bonds is 3. The highest BCUT2D eigenvalue weighted by Crippen LogP contribution is 2.24. The van der Waals surface area contributed by atoms with E-state index in [0.717, 1.165) is 43.0 Å². The van der Waals surface area contributed by atoms with Crippen molar-refractivity contribution in [3.63, 3.8) is 0 Å². The third-order valence-corrected chi connectivity index (χ3v) is 5.37. The Kier molecular flexibility index (Phi) is 5.39. The lowest BCUT2D eigenvalue weighted by Crippen LogP contribution is -2.34. The van der Waals surface area contributed by atoms with Crippen LogP contribution in [-0.2, 0) is 6.54 Å². The lowest BCUT2D eigenvalue weighted by molar-refractivity contribution is 0.0731. The molecule has 140 valence electrons. The average Bonchev–Trinajstić information content (AvgIpc) is 2.94. The quantitative estimate of drug-likeness (QED) is 0.612. The Labute approximate surface area is 168 Å². The molecule has 0 atom stereocenters. The lowest BCUT2D eigenvalue weighted by atomic mass is 10.2. The first kappa shape index (κ1) is 18.4. The summed E-state index contributed by atoms with van der Waals surface area (Å²) in [4.78, 5) is 17.1. The van der Waals surface area contributed by atoms with Gasteiger partial charge in [-0.25, -0.2) is 0 Å². The molecule has 1 saturated heterocycles. The Hall–Kier alpha value is -2.01. The normalized spacial score (nSPS) is 15.9. The van der Waals surface area contributed by atoms with E-state index in [2.05, 4.69) is 17.0 Å². The molecule has 0 spiro atoms. The first-order chi connectivity index (χ1) is 13.1. The van der Waals surface area contributed by atoms with E-state index in [1.165, 1.54) is 5.56 Å². The average molecular weight is 403 g/mol. The third kappa shape index (κ3) is 4.29. The third-order valence-electron chi connectivity index (χ3n) is 4.88. The van der Waals surface area contributed by atoms with Crippen molar-refractivity contribution in [2.75, 3.05) is 26.2 Å². The van der Waals surface area contributed by atoms with Gasteiger partial charge in [0.1, 0.15) is 5.58 Å². The van der Waals surface area contributed by atoms with Gasteiger partial charge in [-0.1, -0.05) is 35.3 Å². The SMILES string of the molecule is O=C(c1cc2cc(Cl)ccc2o1)N1CCCN(Cc2ccc(Cl)cc2)CC1. The van der Waals surface area contributed by atoms with Crippen LogP contribution in [0.5, 0.6) is 0 Å². The molecule has 0 unspecified atom stereocenters. The first-order valence-corrected chi connectivity index (χ1v) is 9.79. The van der Waals surface area contributed by atoms with Crippen molar-refractivity contribution in [1.29, 1.82) is 0 Å². The first-order valence-electron chi connectivity index (χ1n) is 9.04. The van der Waals surface area contributed by atoms with Crippen LogP contribution in [-0.4, -0.2) is 41.9 Å². The number of furan rings is 1. The van der Waals surface area contributed by atoms with Gasteiger partial charge in [0.2, 0.25) is 0 Å².